The van der Waals surface area contributed by atoms with Crippen molar-refractivity contribution in [1.29, 1.82) is 0 Å². The third-order valence-electron chi connectivity index (χ3n) is 3.78. The van der Waals surface area contributed by atoms with E-state index in [0.29, 0.717) is 6.04 Å². The van der Waals surface area contributed by atoms with Crippen LogP contribution in [0.25, 0.3) is 0 Å². The van der Waals surface area contributed by atoms with Crippen LogP contribution in [0.2, 0.25) is 0 Å². The van der Waals surface area contributed by atoms with Crippen molar-refractivity contribution < 1.29 is 9.63 Å². The molecule has 2 heterocycles. The average Bonchev–Trinajstić information content (AvgIpc) is 2.70. The molecule has 4 nitrogen and oxygen atoms in total. The van der Waals surface area contributed by atoms with Gasteiger partial charge in [0.25, 0.3) is 0 Å². The van der Waals surface area contributed by atoms with Gasteiger partial charge in [-0.3, -0.25) is 4.90 Å². The summed E-state index contributed by atoms with van der Waals surface area (Å²) >= 11 is 0. The number of aliphatic hydroxyl groups excluding tert-OH is 1. The van der Waals surface area contributed by atoms with E-state index in [4.69, 9.17) is 4.52 Å². The summed E-state index contributed by atoms with van der Waals surface area (Å²) in [6.07, 6.45) is 2.53. The van der Waals surface area contributed by atoms with E-state index in [2.05, 4.69) is 23.9 Å². The maximum atomic E-state index is 9.54. The van der Waals surface area contributed by atoms with Crippen LogP contribution in [0.15, 0.2) is 4.52 Å². The molecule has 1 aromatic heterocycles. The third-order valence-corrected chi connectivity index (χ3v) is 3.78. The van der Waals surface area contributed by atoms with Gasteiger partial charge in [-0.1, -0.05) is 12.1 Å². The van der Waals surface area contributed by atoms with Crippen molar-refractivity contribution in [3.05, 3.63) is 17.0 Å². The van der Waals surface area contributed by atoms with Crippen molar-refractivity contribution in [3.63, 3.8) is 0 Å². The van der Waals surface area contributed by atoms with Gasteiger partial charge in [0.05, 0.1) is 11.8 Å². The Balaban J connectivity index is 2.13. The van der Waals surface area contributed by atoms with Crippen LogP contribution in [0.3, 0.4) is 0 Å². The Labute approximate surface area is 103 Å². The Morgan fingerprint density at radius 2 is 2.12 bits per heavy atom. The summed E-state index contributed by atoms with van der Waals surface area (Å²) in [6.45, 7) is 8.20. The lowest BCUT2D eigenvalue weighted by Gasteiger charge is -2.34. The van der Waals surface area contributed by atoms with Crippen molar-refractivity contribution in [2.75, 3.05) is 13.1 Å². The molecule has 0 amide bonds. The zero-order valence-electron chi connectivity index (χ0n) is 10.9. The topological polar surface area (TPSA) is 49.5 Å². The van der Waals surface area contributed by atoms with E-state index in [9.17, 15) is 5.11 Å². The first-order chi connectivity index (χ1) is 8.13. The molecule has 1 atom stereocenters. The minimum absolute atomic E-state index is 0.118. The molecule has 0 bridgehead atoms. The zero-order chi connectivity index (χ0) is 12.4. The van der Waals surface area contributed by atoms with Crippen molar-refractivity contribution in [3.8, 4) is 0 Å². The van der Waals surface area contributed by atoms with Crippen LogP contribution < -0.4 is 0 Å². The lowest BCUT2D eigenvalue weighted by Crippen LogP contribution is -2.37. The fourth-order valence-corrected chi connectivity index (χ4v) is 2.67. The molecule has 4 heteroatoms. The van der Waals surface area contributed by atoms with Gasteiger partial charge in [-0.25, -0.2) is 0 Å². The molecule has 17 heavy (non-hydrogen) atoms. The Hall–Kier alpha value is -0.870. The van der Waals surface area contributed by atoms with E-state index in [1.807, 2.05) is 6.92 Å². The summed E-state index contributed by atoms with van der Waals surface area (Å²) < 4.78 is 5.29. The van der Waals surface area contributed by atoms with Crippen LogP contribution in [0.4, 0.5) is 0 Å². The van der Waals surface area contributed by atoms with Gasteiger partial charge < -0.3 is 9.63 Å². The first kappa shape index (κ1) is 12.6. The van der Waals surface area contributed by atoms with Crippen LogP contribution in [-0.2, 0) is 6.42 Å². The third kappa shape index (κ3) is 2.53. The van der Waals surface area contributed by atoms with E-state index >= 15 is 0 Å². The zero-order valence-corrected chi connectivity index (χ0v) is 10.9. The van der Waals surface area contributed by atoms with E-state index in [-0.39, 0.29) is 6.10 Å². The summed E-state index contributed by atoms with van der Waals surface area (Å²) in [5.74, 6) is 0.931. The van der Waals surface area contributed by atoms with Gasteiger partial charge in [0, 0.05) is 24.7 Å². The predicted octanol–water partition coefficient (Wildman–Crippen LogP) is 2.06. The van der Waals surface area contributed by atoms with Crippen LogP contribution in [0.5, 0.6) is 0 Å². The molecular formula is C13H22N2O2. The molecule has 1 fully saturated rings. The number of rotatable bonds is 3. The molecule has 0 aromatic carbocycles. The maximum Gasteiger partial charge on any atom is 0.138 e. The molecule has 1 saturated heterocycles. The number of aromatic nitrogens is 1. The smallest absolute Gasteiger partial charge is 0.138 e. The van der Waals surface area contributed by atoms with Crippen molar-refractivity contribution in [2.45, 2.75) is 52.2 Å². The number of nitrogens with zero attached hydrogens (tertiary/aromatic N) is 2. The fourth-order valence-electron chi connectivity index (χ4n) is 2.67. The SMILES string of the molecule is CCc1noc(C)c1[C@@H](C)N1CCC(O)CC1. The first-order valence-corrected chi connectivity index (χ1v) is 6.50. The lowest BCUT2D eigenvalue weighted by atomic mass is 9.99. The second-order valence-corrected chi connectivity index (χ2v) is 4.90. The van der Waals surface area contributed by atoms with E-state index in [1.165, 1.54) is 5.56 Å². The van der Waals surface area contributed by atoms with Gasteiger partial charge >= 0.3 is 0 Å². The van der Waals surface area contributed by atoms with E-state index in [0.717, 1.165) is 43.8 Å². The summed E-state index contributed by atoms with van der Waals surface area (Å²) in [7, 11) is 0. The molecule has 0 saturated carbocycles. The molecule has 0 unspecified atom stereocenters. The largest absolute Gasteiger partial charge is 0.393 e. The van der Waals surface area contributed by atoms with E-state index in [1.54, 1.807) is 0 Å². The molecule has 1 N–H and O–H groups in total. The van der Waals surface area contributed by atoms with Crippen LogP contribution in [0, 0.1) is 6.92 Å². The van der Waals surface area contributed by atoms with E-state index < -0.39 is 0 Å². The fraction of sp³-hybridized carbons (Fsp3) is 0.769. The first-order valence-electron chi connectivity index (χ1n) is 6.50. The summed E-state index contributed by atoms with van der Waals surface area (Å²) in [6, 6.07) is 0.337. The predicted molar refractivity (Wildman–Crippen MR) is 65.8 cm³/mol. The van der Waals surface area contributed by atoms with Gasteiger partial charge in [-0.05, 0) is 33.1 Å². The highest BCUT2D eigenvalue weighted by Gasteiger charge is 2.26. The summed E-state index contributed by atoms with van der Waals surface area (Å²) in [5, 5.41) is 13.7. The highest BCUT2D eigenvalue weighted by atomic mass is 16.5. The number of piperidine rings is 1. The molecule has 1 aliphatic rings. The van der Waals surface area contributed by atoms with Crippen molar-refractivity contribution in [2.24, 2.45) is 0 Å². The number of aryl methyl sites for hydroxylation is 2. The minimum atomic E-state index is -0.118. The molecule has 0 aliphatic carbocycles. The monoisotopic (exact) mass is 238 g/mol. The summed E-state index contributed by atoms with van der Waals surface area (Å²) in [5.41, 5.74) is 2.31. The molecule has 0 radical (unpaired) electrons. The van der Waals surface area contributed by atoms with Gasteiger partial charge in [-0.2, -0.15) is 0 Å². The second kappa shape index (κ2) is 5.19. The highest BCUT2D eigenvalue weighted by molar-refractivity contribution is 5.25. The van der Waals surface area contributed by atoms with Crippen LogP contribution in [-0.4, -0.2) is 34.4 Å². The summed E-state index contributed by atoms with van der Waals surface area (Å²) in [4.78, 5) is 2.41. The second-order valence-electron chi connectivity index (χ2n) is 4.90. The van der Waals surface area contributed by atoms with Crippen LogP contribution >= 0.6 is 0 Å². The Kier molecular flexibility index (Phi) is 3.84. The van der Waals surface area contributed by atoms with Crippen molar-refractivity contribution >= 4 is 0 Å². The van der Waals surface area contributed by atoms with Gasteiger partial charge in [0.15, 0.2) is 0 Å². The standard InChI is InChI=1S/C13H22N2O2/c1-4-12-13(10(3)17-14-12)9(2)15-7-5-11(16)6-8-15/h9,11,16H,4-8H2,1-3H3/t9-/m1/s1. The number of hydrogen-bond donors (Lipinski definition) is 1. The Morgan fingerprint density at radius 1 is 1.47 bits per heavy atom. The molecule has 1 aliphatic heterocycles. The molecule has 2 rings (SSSR count). The molecule has 1 aromatic rings. The average molecular weight is 238 g/mol. The molecular weight excluding hydrogens is 216 g/mol. The maximum absolute atomic E-state index is 9.54. The normalized spacial score (nSPS) is 20.7. The lowest BCUT2D eigenvalue weighted by molar-refractivity contribution is 0.0641. The van der Waals surface area contributed by atoms with Crippen molar-refractivity contribution in [1.82, 2.24) is 10.1 Å². The van der Waals surface area contributed by atoms with Crippen LogP contribution in [0.1, 0.15) is 49.7 Å². The Bertz CT molecular complexity index is 367. The molecule has 96 valence electrons. The number of aliphatic hydroxyl groups is 1. The van der Waals surface area contributed by atoms with Gasteiger partial charge in [0.1, 0.15) is 5.76 Å². The van der Waals surface area contributed by atoms with Gasteiger partial charge in [-0.15, -0.1) is 0 Å². The quantitative estimate of drug-likeness (QED) is 0.875. The number of hydrogen-bond acceptors (Lipinski definition) is 4. The Morgan fingerprint density at radius 3 is 2.71 bits per heavy atom. The molecule has 0 spiro atoms. The minimum Gasteiger partial charge on any atom is -0.393 e. The highest BCUT2D eigenvalue weighted by Crippen LogP contribution is 2.29. The van der Waals surface area contributed by atoms with Gasteiger partial charge in [0.2, 0.25) is 0 Å². The number of likely N-dealkylation sites (tertiary alicyclic amines) is 1.